The van der Waals surface area contributed by atoms with E-state index in [1.54, 1.807) is 32.9 Å². The zero-order valence-corrected chi connectivity index (χ0v) is 13.0. The van der Waals surface area contributed by atoms with Crippen LogP contribution >= 0.6 is 0 Å². The summed E-state index contributed by atoms with van der Waals surface area (Å²) in [6, 6.07) is 4.88. The van der Waals surface area contributed by atoms with E-state index in [0.717, 1.165) is 5.56 Å². The lowest BCUT2D eigenvalue weighted by atomic mass is 10.1. The molecular formula is C13H20N2O4S. The van der Waals surface area contributed by atoms with E-state index in [9.17, 15) is 18.5 Å². The highest BCUT2D eigenvalue weighted by Gasteiger charge is 2.29. The number of nitro groups is 1. The first kappa shape index (κ1) is 16.6. The summed E-state index contributed by atoms with van der Waals surface area (Å²) in [6.45, 7) is 5.67. The predicted octanol–water partition coefficient (Wildman–Crippen LogP) is 1.82. The Labute approximate surface area is 119 Å². The zero-order chi connectivity index (χ0) is 15.6. The molecule has 0 heterocycles. The zero-order valence-electron chi connectivity index (χ0n) is 12.1. The normalized spacial score (nSPS) is 12.4. The summed E-state index contributed by atoms with van der Waals surface area (Å²) >= 11 is 0. The van der Waals surface area contributed by atoms with Crippen LogP contribution in [-0.2, 0) is 16.4 Å². The van der Waals surface area contributed by atoms with Gasteiger partial charge in [-0.15, -0.1) is 0 Å². The maximum atomic E-state index is 11.6. The van der Waals surface area contributed by atoms with E-state index in [1.165, 1.54) is 12.3 Å². The lowest BCUT2D eigenvalue weighted by Crippen LogP contribution is -2.41. The fourth-order valence-corrected chi connectivity index (χ4v) is 2.05. The average Bonchev–Trinajstić information content (AvgIpc) is 2.29. The molecule has 0 amide bonds. The van der Waals surface area contributed by atoms with Gasteiger partial charge in [-0.2, -0.15) is 0 Å². The molecule has 0 fully saturated rings. The first-order chi connectivity index (χ1) is 9.06. The summed E-state index contributed by atoms with van der Waals surface area (Å²) in [5.74, 6) is 0. The first-order valence-electron chi connectivity index (χ1n) is 6.19. The van der Waals surface area contributed by atoms with Gasteiger partial charge in [0.1, 0.15) is 0 Å². The summed E-state index contributed by atoms with van der Waals surface area (Å²) in [5, 5.41) is 13.9. The Balaban J connectivity index is 2.78. The maximum absolute atomic E-state index is 11.6. The number of nitrogens with zero attached hydrogens (tertiary/aromatic N) is 1. The molecule has 0 unspecified atom stereocenters. The first-order valence-corrected chi connectivity index (χ1v) is 8.08. The molecule has 112 valence electrons. The topological polar surface area (TPSA) is 89.3 Å². The quantitative estimate of drug-likeness (QED) is 0.639. The Hall–Kier alpha value is -1.47. The van der Waals surface area contributed by atoms with Crippen LogP contribution in [0.5, 0.6) is 0 Å². The van der Waals surface area contributed by atoms with Crippen molar-refractivity contribution >= 4 is 15.5 Å². The minimum Gasteiger partial charge on any atom is -0.311 e. The molecule has 0 spiro atoms. The summed E-state index contributed by atoms with van der Waals surface area (Å²) in [7, 11) is -3.16. The van der Waals surface area contributed by atoms with E-state index in [4.69, 9.17) is 0 Å². The Morgan fingerprint density at radius 2 is 1.95 bits per heavy atom. The van der Waals surface area contributed by atoms with Gasteiger partial charge in [0.15, 0.2) is 9.84 Å². The van der Waals surface area contributed by atoms with Gasteiger partial charge in [0, 0.05) is 31.0 Å². The number of sulfone groups is 1. The Morgan fingerprint density at radius 3 is 2.45 bits per heavy atom. The standard InChI is InChI=1S/C13H20N2O4S/c1-10-11(6-5-7-12(10)15(16)17)8-14-9-13(2,3)20(4,18)19/h5-7,14H,8-9H2,1-4H3. The number of rotatable bonds is 6. The largest absolute Gasteiger partial charge is 0.311 e. The average molecular weight is 300 g/mol. The fraction of sp³-hybridized carbons (Fsp3) is 0.538. The Bertz CT molecular complexity index is 609. The van der Waals surface area contributed by atoms with Gasteiger partial charge in [0.05, 0.1) is 9.67 Å². The van der Waals surface area contributed by atoms with Gasteiger partial charge < -0.3 is 5.32 Å². The van der Waals surface area contributed by atoms with Gasteiger partial charge >= 0.3 is 0 Å². The predicted molar refractivity (Wildman–Crippen MR) is 78.5 cm³/mol. The van der Waals surface area contributed by atoms with Crippen molar-refractivity contribution in [3.05, 3.63) is 39.4 Å². The molecule has 1 aromatic carbocycles. The van der Waals surface area contributed by atoms with Crippen molar-refractivity contribution in [1.29, 1.82) is 0 Å². The summed E-state index contributed by atoms with van der Waals surface area (Å²) < 4.78 is 22.3. The van der Waals surface area contributed by atoms with E-state index in [2.05, 4.69) is 5.32 Å². The SMILES string of the molecule is Cc1c(CNCC(C)(C)S(C)(=O)=O)cccc1[N+](=O)[O-]. The van der Waals surface area contributed by atoms with Crippen LogP contribution in [0.1, 0.15) is 25.0 Å². The third kappa shape index (κ3) is 3.77. The lowest BCUT2D eigenvalue weighted by molar-refractivity contribution is -0.385. The van der Waals surface area contributed by atoms with E-state index >= 15 is 0 Å². The molecule has 0 aliphatic carbocycles. The maximum Gasteiger partial charge on any atom is 0.272 e. The van der Waals surface area contributed by atoms with Gasteiger partial charge in [-0.05, 0) is 26.3 Å². The third-order valence-electron chi connectivity index (χ3n) is 3.48. The second-order valence-electron chi connectivity index (χ2n) is 5.45. The molecule has 1 rings (SSSR count). The molecule has 0 bridgehead atoms. The van der Waals surface area contributed by atoms with Crippen molar-refractivity contribution in [2.45, 2.75) is 32.1 Å². The van der Waals surface area contributed by atoms with Gasteiger partial charge in [0.25, 0.3) is 5.69 Å². The van der Waals surface area contributed by atoms with Crippen molar-refractivity contribution in [3.8, 4) is 0 Å². The minimum absolute atomic E-state index is 0.0756. The van der Waals surface area contributed by atoms with Crippen LogP contribution in [0.3, 0.4) is 0 Å². The Morgan fingerprint density at radius 1 is 1.35 bits per heavy atom. The van der Waals surface area contributed by atoms with Crippen LogP contribution in [-0.4, -0.2) is 30.9 Å². The van der Waals surface area contributed by atoms with Crippen LogP contribution in [0.4, 0.5) is 5.69 Å². The molecule has 0 atom stereocenters. The number of nitro benzene ring substituents is 1. The third-order valence-corrected chi connectivity index (χ3v) is 5.64. The van der Waals surface area contributed by atoms with Crippen molar-refractivity contribution in [2.75, 3.05) is 12.8 Å². The van der Waals surface area contributed by atoms with Crippen LogP contribution in [0.25, 0.3) is 0 Å². The second-order valence-corrected chi connectivity index (χ2v) is 8.10. The van der Waals surface area contributed by atoms with Crippen molar-refractivity contribution < 1.29 is 13.3 Å². The molecule has 1 aromatic rings. The smallest absolute Gasteiger partial charge is 0.272 e. The number of nitrogens with one attached hydrogen (secondary N) is 1. The fourth-order valence-electron chi connectivity index (χ4n) is 1.69. The molecular weight excluding hydrogens is 280 g/mol. The van der Waals surface area contributed by atoms with Gasteiger partial charge in [0.2, 0.25) is 0 Å². The van der Waals surface area contributed by atoms with Gasteiger partial charge in [-0.1, -0.05) is 12.1 Å². The number of hydrogen-bond acceptors (Lipinski definition) is 5. The summed E-state index contributed by atoms with van der Waals surface area (Å²) in [6.07, 6.45) is 1.20. The lowest BCUT2D eigenvalue weighted by Gasteiger charge is -2.23. The molecule has 7 heteroatoms. The second kappa shape index (κ2) is 5.88. The molecule has 0 saturated heterocycles. The van der Waals surface area contributed by atoms with E-state index in [1.807, 2.05) is 0 Å². The monoisotopic (exact) mass is 300 g/mol. The highest BCUT2D eigenvalue weighted by Crippen LogP contribution is 2.21. The summed E-state index contributed by atoms with van der Waals surface area (Å²) in [5.41, 5.74) is 1.47. The van der Waals surface area contributed by atoms with Crippen LogP contribution < -0.4 is 5.32 Å². The van der Waals surface area contributed by atoms with Crippen molar-refractivity contribution in [1.82, 2.24) is 5.32 Å². The van der Waals surface area contributed by atoms with Crippen LogP contribution in [0.2, 0.25) is 0 Å². The molecule has 0 aliphatic heterocycles. The highest BCUT2D eigenvalue weighted by molar-refractivity contribution is 7.92. The number of hydrogen-bond donors (Lipinski definition) is 1. The van der Waals surface area contributed by atoms with Crippen molar-refractivity contribution in [3.63, 3.8) is 0 Å². The molecule has 1 N–H and O–H groups in total. The molecule has 20 heavy (non-hydrogen) atoms. The van der Waals surface area contributed by atoms with Gasteiger partial charge in [-0.3, -0.25) is 10.1 Å². The molecule has 0 aromatic heterocycles. The molecule has 6 nitrogen and oxygen atoms in total. The van der Waals surface area contributed by atoms with E-state index < -0.39 is 19.5 Å². The molecule has 0 radical (unpaired) electrons. The van der Waals surface area contributed by atoms with Crippen LogP contribution in [0, 0.1) is 17.0 Å². The van der Waals surface area contributed by atoms with Crippen molar-refractivity contribution in [2.24, 2.45) is 0 Å². The number of benzene rings is 1. The highest BCUT2D eigenvalue weighted by atomic mass is 32.2. The molecule has 0 aliphatic rings. The van der Waals surface area contributed by atoms with Gasteiger partial charge in [-0.25, -0.2) is 8.42 Å². The van der Waals surface area contributed by atoms with E-state index in [0.29, 0.717) is 12.1 Å². The van der Waals surface area contributed by atoms with E-state index in [-0.39, 0.29) is 12.2 Å². The summed E-state index contributed by atoms with van der Waals surface area (Å²) in [4.78, 5) is 10.4. The van der Waals surface area contributed by atoms with Crippen LogP contribution in [0.15, 0.2) is 18.2 Å². The minimum atomic E-state index is -3.16. The molecule has 0 saturated carbocycles. The Kier molecular flexibility index (Phi) is 4.88.